The van der Waals surface area contributed by atoms with Crippen LogP contribution in [-0.4, -0.2) is 81.8 Å². The van der Waals surface area contributed by atoms with Crippen molar-refractivity contribution in [3.8, 4) is 28.3 Å². The van der Waals surface area contributed by atoms with E-state index in [1.807, 2.05) is 48.7 Å². The number of methoxy groups -OCH3 is 1. The van der Waals surface area contributed by atoms with Gasteiger partial charge in [-0.1, -0.05) is 7.43 Å². The molecule has 0 bridgehead atoms. The Bertz CT molecular complexity index is 1410. The molecule has 37 heavy (non-hydrogen) atoms. The fraction of sp³-hybridized carbons (Fsp3) is 0.346. The number of hydrogen-bond acceptors (Lipinski definition) is 7. The molecule has 4 aromatic rings. The number of rotatable bonds is 6. The average Bonchev–Trinajstić information content (AvgIpc) is 3.54. The SMILES string of the molecule is C.COCCNC(=O)N1CCN(c2ccc(-c3cc(-c4cnn(C)c4)cn4ncc(C#N)c34)cn2)CC1. The van der Waals surface area contributed by atoms with Gasteiger partial charge in [-0.2, -0.15) is 15.5 Å². The number of ether oxygens (including phenoxy) is 1. The molecule has 1 aliphatic heterocycles. The molecule has 5 heterocycles. The number of nitriles is 1. The van der Waals surface area contributed by atoms with Crippen molar-refractivity contribution < 1.29 is 9.53 Å². The van der Waals surface area contributed by atoms with E-state index in [0.717, 1.165) is 33.6 Å². The number of hydrogen-bond donors (Lipinski definition) is 1. The van der Waals surface area contributed by atoms with Crippen LogP contribution in [0.1, 0.15) is 13.0 Å². The van der Waals surface area contributed by atoms with Crippen molar-refractivity contribution in [1.82, 2.24) is 34.6 Å². The van der Waals surface area contributed by atoms with Crippen molar-refractivity contribution >= 4 is 17.4 Å². The Balaban J connectivity index is 0.00000320. The van der Waals surface area contributed by atoms with Crippen LogP contribution in [0.4, 0.5) is 10.6 Å². The van der Waals surface area contributed by atoms with Crippen molar-refractivity contribution in [2.75, 3.05) is 51.3 Å². The minimum Gasteiger partial charge on any atom is -0.383 e. The lowest BCUT2D eigenvalue weighted by molar-refractivity contribution is 0.177. The van der Waals surface area contributed by atoms with Gasteiger partial charge in [-0.25, -0.2) is 14.3 Å². The number of pyridine rings is 2. The number of nitrogens with one attached hydrogen (secondary N) is 1. The summed E-state index contributed by atoms with van der Waals surface area (Å²) in [7, 11) is 3.49. The summed E-state index contributed by atoms with van der Waals surface area (Å²) in [6.07, 6.45) is 9.06. The Labute approximate surface area is 215 Å². The van der Waals surface area contributed by atoms with Gasteiger partial charge in [0.15, 0.2) is 0 Å². The third kappa shape index (κ3) is 5.24. The van der Waals surface area contributed by atoms with Crippen LogP contribution >= 0.6 is 0 Å². The van der Waals surface area contributed by atoms with Crippen molar-refractivity contribution in [3.05, 3.63) is 54.7 Å². The smallest absolute Gasteiger partial charge is 0.317 e. The zero-order valence-corrected chi connectivity index (χ0v) is 20.3. The van der Waals surface area contributed by atoms with E-state index >= 15 is 0 Å². The number of carbonyl (C=O) groups excluding carboxylic acids is 1. The van der Waals surface area contributed by atoms with Crippen LogP contribution in [0.15, 0.2) is 49.2 Å². The molecule has 1 saturated heterocycles. The Kier molecular flexibility index (Phi) is 7.69. The highest BCUT2D eigenvalue weighted by Crippen LogP contribution is 2.32. The number of nitrogens with zero attached hydrogens (tertiary/aromatic N) is 8. The van der Waals surface area contributed by atoms with E-state index in [1.54, 1.807) is 28.7 Å². The number of amides is 2. The van der Waals surface area contributed by atoms with Gasteiger partial charge in [-0.15, -0.1) is 0 Å². The van der Waals surface area contributed by atoms with Gasteiger partial charge in [0.2, 0.25) is 0 Å². The molecular formula is C26H31N9O2. The van der Waals surface area contributed by atoms with Gasteiger partial charge in [0, 0.05) is 87.7 Å². The fourth-order valence-electron chi connectivity index (χ4n) is 4.39. The van der Waals surface area contributed by atoms with E-state index in [0.29, 0.717) is 44.9 Å². The molecule has 2 amide bonds. The van der Waals surface area contributed by atoms with Gasteiger partial charge >= 0.3 is 6.03 Å². The number of piperazine rings is 1. The van der Waals surface area contributed by atoms with E-state index < -0.39 is 0 Å². The third-order valence-corrected chi connectivity index (χ3v) is 6.30. The molecule has 0 spiro atoms. The first-order chi connectivity index (χ1) is 17.6. The molecule has 4 aromatic heterocycles. The highest BCUT2D eigenvalue weighted by Gasteiger charge is 2.22. The topological polar surface area (TPSA) is 117 Å². The zero-order valence-electron chi connectivity index (χ0n) is 20.3. The number of carbonyl (C=O) groups is 1. The molecule has 192 valence electrons. The Morgan fingerprint density at radius 3 is 2.54 bits per heavy atom. The molecule has 0 unspecified atom stereocenters. The van der Waals surface area contributed by atoms with Crippen molar-refractivity contribution in [3.63, 3.8) is 0 Å². The quantitative estimate of drug-likeness (QED) is 0.404. The second-order valence-corrected chi connectivity index (χ2v) is 8.61. The first kappa shape index (κ1) is 25.7. The monoisotopic (exact) mass is 501 g/mol. The Morgan fingerprint density at radius 2 is 1.89 bits per heavy atom. The molecule has 0 atom stereocenters. The molecule has 0 saturated carbocycles. The van der Waals surface area contributed by atoms with Gasteiger partial charge in [0.1, 0.15) is 11.9 Å². The summed E-state index contributed by atoms with van der Waals surface area (Å²) in [5, 5.41) is 21.2. The molecule has 0 radical (unpaired) electrons. The Morgan fingerprint density at radius 1 is 1.08 bits per heavy atom. The van der Waals surface area contributed by atoms with E-state index in [4.69, 9.17) is 9.72 Å². The summed E-state index contributed by atoms with van der Waals surface area (Å²) in [5.74, 6) is 0.853. The van der Waals surface area contributed by atoms with Crippen LogP contribution in [0.5, 0.6) is 0 Å². The van der Waals surface area contributed by atoms with Gasteiger partial charge < -0.3 is 19.9 Å². The molecule has 1 aliphatic rings. The summed E-state index contributed by atoms with van der Waals surface area (Å²) in [6.45, 7) is 3.64. The maximum Gasteiger partial charge on any atom is 0.317 e. The fourth-order valence-corrected chi connectivity index (χ4v) is 4.39. The second-order valence-electron chi connectivity index (χ2n) is 8.61. The first-order valence-electron chi connectivity index (χ1n) is 11.7. The van der Waals surface area contributed by atoms with E-state index in [9.17, 15) is 10.1 Å². The molecule has 0 aromatic carbocycles. The minimum absolute atomic E-state index is 0. The van der Waals surface area contributed by atoms with Crippen LogP contribution in [0.25, 0.3) is 27.8 Å². The van der Waals surface area contributed by atoms with E-state index in [1.165, 1.54) is 0 Å². The first-order valence-corrected chi connectivity index (χ1v) is 11.7. The Hall–Kier alpha value is -4.43. The van der Waals surface area contributed by atoms with Crippen LogP contribution in [0, 0.1) is 11.3 Å². The van der Waals surface area contributed by atoms with Gasteiger partial charge in [-0.05, 0) is 18.2 Å². The average molecular weight is 502 g/mol. The second kappa shape index (κ2) is 11.1. The van der Waals surface area contributed by atoms with Gasteiger partial charge in [0.25, 0.3) is 0 Å². The van der Waals surface area contributed by atoms with Gasteiger partial charge in [0.05, 0.1) is 30.1 Å². The number of aryl methyl sites for hydroxylation is 1. The lowest BCUT2D eigenvalue weighted by Crippen LogP contribution is -2.52. The highest BCUT2D eigenvalue weighted by atomic mass is 16.5. The van der Waals surface area contributed by atoms with E-state index in [2.05, 4.69) is 26.5 Å². The number of aromatic nitrogens is 5. The van der Waals surface area contributed by atoms with Crippen molar-refractivity contribution in [2.24, 2.45) is 7.05 Å². The highest BCUT2D eigenvalue weighted by molar-refractivity contribution is 5.87. The third-order valence-electron chi connectivity index (χ3n) is 6.30. The number of fused-ring (bicyclic) bond motifs is 1. The maximum atomic E-state index is 12.3. The van der Waals surface area contributed by atoms with Gasteiger partial charge in [-0.3, -0.25) is 4.68 Å². The number of anilines is 1. The van der Waals surface area contributed by atoms with Crippen LogP contribution in [-0.2, 0) is 11.8 Å². The van der Waals surface area contributed by atoms with Crippen LogP contribution in [0.2, 0.25) is 0 Å². The molecule has 0 aliphatic carbocycles. The molecule has 1 fully saturated rings. The maximum absolute atomic E-state index is 12.3. The summed E-state index contributed by atoms with van der Waals surface area (Å²) in [5.41, 5.74) is 4.93. The zero-order chi connectivity index (χ0) is 25.1. The predicted octanol–water partition coefficient (Wildman–Crippen LogP) is 2.78. The molecule has 11 nitrogen and oxygen atoms in total. The largest absolute Gasteiger partial charge is 0.383 e. The summed E-state index contributed by atoms with van der Waals surface area (Å²) < 4.78 is 8.47. The molecular weight excluding hydrogens is 470 g/mol. The van der Waals surface area contributed by atoms with Crippen LogP contribution in [0.3, 0.4) is 0 Å². The molecule has 5 rings (SSSR count). The van der Waals surface area contributed by atoms with Crippen LogP contribution < -0.4 is 10.2 Å². The predicted molar refractivity (Wildman–Crippen MR) is 141 cm³/mol. The lowest BCUT2D eigenvalue weighted by atomic mass is 10.0. The van der Waals surface area contributed by atoms with E-state index in [-0.39, 0.29) is 13.5 Å². The summed E-state index contributed by atoms with van der Waals surface area (Å²) in [4.78, 5) is 21.0. The summed E-state index contributed by atoms with van der Waals surface area (Å²) >= 11 is 0. The van der Waals surface area contributed by atoms with Crippen molar-refractivity contribution in [1.29, 1.82) is 5.26 Å². The minimum atomic E-state index is -0.0679. The lowest BCUT2D eigenvalue weighted by Gasteiger charge is -2.35. The normalized spacial score (nSPS) is 13.3. The molecule has 1 N–H and O–H groups in total. The molecule has 11 heteroatoms. The van der Waals surface area contributed by atoms with Crippen molar-refractivity contribution in [2.45, 2.75) is 7.43 Å². The summed E-state index contributed by atoms with van der Waals surface area (Å²) in [6, 6.07) is 8.23. The standard InChI is InChI=1S/C25H27N9O2.CH4/c1-31-16-21(15-29-31)19-11-22(24-20(12-26)14-30-34(24)17-19)18-3-4-23(28-13-18)32-6-8-33(9-7-32)25(35)27-5-10-36-2;/h3-4,11,13-17H,5-10H2,1-2H3,(H,27,35);1H4. The number of urea groups is 1.